The zero-order valence-electron chi connectivity index (χ0n) is 9.46. The Balaban J connectivity index is 3.00. The molecule has 0 heterocycles. The Morgan fingerprint density at radius 1 is 1.44 bits per heavy atom. The highest BCUT2D eigenvalue weighted by Crippen LogP contribution is 2.24. The predicted octanol–water partition coefficient (Wildman–Crippen LogP) is 3.80. The number of rotatable bonds is 2. The number of hydrogen-bond acceptors (Lipinski definition) is 2. The quantitative estimate of drug-likeness (QED) is 0.478. The van der Waals surface area contributed by atoms with Crippen LogP contribution in [0.2, 0.25) is 0 Å². The largest absolute Gasteiger partial charge is 0.410 e. The van der Waals surface area contributed by atoms with Gasteiger partial charge in [-0.05, 0) is 29.5 Å². The van der Waals surface area contributed by atoms with Gasteiger partial charge in [-0.1, -0.05) is 43.6 Å². The van der Waals surface area contributed by atoms with Crippen molar-refractivity contribution in [3.05, 3.63) is 41.6 Å². The molecule has 87 valence electrons. The van der Waals surface area contributed by atoms with Crippen LogP contribution < -0.4 is 0 Å². The Morgan fingerprint density at radius 3 is 2.50 bits per heavy atom. The zero-order valence-corrected chi connectivity index (χ0v) is 10.2. The molecule has 0 aliphatic rings. The highest BCUT2D eigenvalue weighted by atomic mass is 35.5. The van der Waals surface area contributed by atoms with E-state index in [0.29, 0.717) is 0 Å². The van der Waals surface area contributed by atoms with E-state index in [4.69, 9.17) is 16.8 Å². The zero-order chi connectivity index (χ0) is 12.3. The molecule has 0 atom stereocenters. The van der Waals surface area contributed by atoms with Gasteiger partial charge in [0.25, 0.3) is 0 Å². The summed E-state index contributed by atoms with van der Waals surface area (Å²) in [7, 11) is 0. The van der Waals surface area contributed by atoms with Crippen LogP contribution in [-0.2, 0) is 0 Å². The maximum Gasteiger partial charge on any atom is 0.178 e. The minimum absolute atomic E-state index is 0.0250. The maximum atomic E-state index is 13.6. The average Bonchev–Trinajstić information content (AvgIpc) is 2.14. The minimum atomic E-state index is -0.499. The van der Waals surface area contributed by atoms with Crippen molar-refractivity contribution in [1.29, 1.82) is 0 Å². The van der Waals surface area contributed by atoms with E-state index in [1.807, 2.05) is 27.2 Å². The molecule has 0 aliphatic carbocycles. The molecule has 0 amide bonds. The summed E-state index contributed by atoms with van der Waals surface area (Å²) >= 11 is 5.53. The van der Waals surface area contributed by atoms with Gasteiger partial charge in [-0.15, -0.1) is 0 Å². The first-order chi connectivity index (χ1) is 7.33. The van der Waals surface area contributed by atoms with E-state index < -0.39 is 5.82 Å². The van der Waals surface area contributed by atoms with Crippen LogP contribution in [0, 0.1) is 17.7 Å². The van der Waals surface area contributed by atoms with Gasteiger partial charge in [-0.2, -0.15) is 0 Å². The van der Waals surface area contributed by atoms with E-state index in [1.165, 1.54) is 12.1 Å². The summed E-state index contributed by atoms with van der Waals surface area (Å²) in [6.07, 6.45) is 1.95. The van der Waals surface area contributed by atoms with Crippen molar-refractivity contribution in [3.8, 4) is 0 Å². The van der Waals surface area contributed by atoms with E-state index in [0.717, 1.165) is 5.56 Å². The lowest BCUT2D eigenvalue weighted by Gasteiger charge is -2.17. The van der Waals surface area contributed by atoms with Crippen LogP contribution in [0.4, 0.5) is 4.39 Å². The van der Waals surface area contributed by atoms with E-state index in [1.54, 1.807) is 6.07 Å². The molecule has 2 nitrogen and oxygen atoms in total. The maximum absolute atomic E-state index is 13.6. The van der Waals surface area contributed by atoms with Crippen molar-refractivity contribution in [2.24, 2.45) is 10.6 Å². The average molecular weight is 243 g/mol. The van der Waals surface area contributed by atoms with Gasteiger partial charge >= 0.3 is 0 Å². The standard InChI is InChI=1S/C12H14ClFNO/c1-12(2,3)7-8-4-5-9(10(14)6-8)11(13)15-16/h4-7,16H,1-3H3. The molecule has 16 heavy (non-hydrogen) atoms. The Hall–Kier alpha value is -1.09. The van der Waals surface area contributed by atoms with Crippen LogP contribution in [0.3, 0.4) is 0 Å². The van der Waals surface area contributed by atoms with Crippen molar-refractivity contribution < 1.29 is 9.60 Å². The lowest BCUT2D eigenvalue weighted by molar-refractivity contribution is 0.320. The van der Waals surface area contributed by atoms with Gasteiger partial charge in [0.2, 0.25) is 0 Å². The fourth-order valence-corrected chi connectivity index (χ4v) is 1.50. The van der Waals surface area contributed by atoms with Crippen LogP contribution in [0.5, 0.6) is 0 Å². The van der Waals surface area contributed by atoms with Crippen LogP contribution >= 0.6 is 11.6 Å². The van der Waals surface area contributed by atoms with Gasteiger partial charge in [-0.25, -0.2) is 4.39 Å². The normalized spacial score (nSPS) is 12.9. The highest BCUT2D eigenvalue weighted by Gasteiger charge is 2.14. The van der Waals surface area contributed by atoms with E-state index >= 15 is 0 Å². The molecule has 0 bridgehead atoms. The Labute approximate surface area is 99.7 Å². The molecule has 4 heteroatoms. The molecular weight excluding hydrogens is 229 g/mol. The number of halogens is 2. The fraction of sp³-hybridized carbons (Fsp3) is 0.333. The fourth-order valence-electron chi connectivity index (χ4n) is 1.34. The summed E-state index contributed by atoms with van der Waals surface area (Å²) in [6, 6.07) is 4.60. The second-order valence-electron chi connectivity index (χ2n) is 4.64. The van der Waals surface area contributed by atoms with Gasteiger partial charge < -0.3 is 5.21 Å². The molecule has 1 aromatic carbocycles. The molecule has 0 saturated carbocycles. The third-order valence-electron chi connectivity index (χ3n) is 1.90. The number of nitrogens with zero attached hydrogens (tertiary/aromatic N) is 1. The molecule has 0 saturated heterocycles. The second kappa shape index (κ2) is 4.83. The number of hydrogen-bond donors (Lipinski definition) is 1. The Bertz CT molecular complexity index is 410. The first kappa shape index (κ1) is 13.0. The second-order valence-corrected chi connectivity index (χ2v) is 5.00. The van der Waals surface area contributed by atoms with Crippen LogP contribution in [0.25, 0.3) is 0 Å². The van der Waals surface area contributed by atoms with Crippen molar-refractivity contribution in [2.75, 3.05) is 0 Å². The van der Waals surface area contributed by atoms with Gasteiger partial charge in [-0.3, -0.25) is 0 Å². The van der Waals surface area contributed by atoms with Crippen LogP contribution in [0.15, 0.2) is 23.4 Å². The molecule has 0 aliphatic heterocycles. The van der Waals surface area contributed by atoms with Gasteiger partial charge in [0.1, 0.15) is 5.82 Å². The Kier molecular flexibility index (Phi) is 3.92. The highest BCUT2D eigenvalue weighted by molar-refractivity contribution is 6.69. The molecule has 0 aromatic heterocycles. The summed E-state index contributed by atoms with van der Waals surface area (Å²) in [4.78, 5) is 0. The van der Waals surface area contributed by atoms with E-state index in [9.17, 15) is 4.39 Å². The van der Waals surface area contributed by atoms with Crippen LogP contribution in [-0.4, -0.2) is 10.4 Å². The number of benzene rings is 1. The molecule has 1 aromatic rings. The molecule has 0 fully saturated rings. The summed E-state index contributed by atoms with van der Waals surface area (Å²) < 4.78 is 13.6. The van der Waals surface area contributed by atoms with Gasteiger partial charge in [0.05, 0.1) is 5.56 Å². The lowest BCUT2D eigenvalue weighted by Crippen LogP contribution is -2.07. The van der Waals surface area contributed by atoms with Crippen molar-refractivity contribution >= 4 is 16.8 Å². The van der Waals surface area contributed by atoms with Gasteiger partial charge in [0.15, 0.2) is 5.17 Å². The molecular formula is C12H14ClFNO. The van der Waals surface area contributed by atoms with Crippen molar-refractivity contribution in [1.82, 2.24) is 0 Å². The SMILES string of the molecule is CC(C)(C)[CH]c1ccc(C(Cl)=NO)c(F)c1. The Morgan fingerprint density at radius 2 is 2.06 bits per heavy atom. The monoisotopic (exact) mass is 242 g/mol. The molecule has 1 rings (SSSR count). The third-order valence-corrected chi connectivity index (χ3v) is 2.18. The lowest BCUT2D eigenvalue weighted by atomic mass is 9.88. The smallest absolute Gasteiger partial charge is 0.178 e. The first-order valence-corrected chi connectivity index (χ1v) is 5.24. The third kappa shape index (κ3) is 3.49. The number of oxime groups is 1. The minimum Gasteiger partial charge on any atom is -0.410 e. The van der Waals surface area contributed by atoms with Crippen molar-refractivity contribution in [3.63, 3.8) is 0 Å². The van der Waals surface area contributed by atoms with E-state index in [-0.39, 0.29) is 16.1 Å². The van der Waals surface area contributed by atoms with E-state index in [2.05, 4.69) is 5.16 Å². The topological polar surface area (TPSA) is 32.6 Å². The molecule has 0 unspecified atom stereocenters. The van der Waals surface area contributed by atoms with Crippen LogP contribution in [0.1, 0.15) is 31.9 Å². The summed E-state index contributed by atoms with van der Waals surface area (Å²) in [6.45, 7) is 6.09. The van der Waals surface area contributed by atoms with Crippen molar-refractivity contribution in [2.45, 2.75) is 20.8 Å². The van der Waals surface area contributed by atoms with Gasteiger partial charge in [0, 0.05) is 0 Å². The summed E-state index contributed by atoms with van der Waals surface area (Å²) in [5.41, 5.74) is 0.842. The summed E-state index contributed by atoms with van der Waals surface area (Å²) in [5.74, 6) is -0.499. The predicted molar refractivity (Wildman–Crippen MR) is 63.4 cm³/mol. The molecule has 1 radical (unpaired) electrons. The molecule has 0 spiro atoms. The molecule has 1 N–H and O–H groups in total. The first-order valence-electron chi connectivity index (χ1n) is 4.87. The summed E-state index contributed by atoms with van der Waals surface area (Å²) in [5, 5.41) is 11.0.